The van der Waals surface area contributed by atoms with Crippen LogP contribution in [0, 0.1) is 17.2 Å². The van der Waals surface area contributed by atoms with Gasteiger partial charge in [0.25, 0.3) is 10.0 Å². The molecule has 0 spiro atoms. The van der Waals surface area contributed by atoms with Crippen molar-refractivity contribution in [3.63, 3.8) is 0 Å². The Kier molecular flexibility index (Phi) is 7.48. The van der Waals surface area contributed by atoms with Crippen LogP contribution in [-0.4, -0.2) is 26.9 Å². The Bertz CT molecular complexity index is 661. The second-order valence-corrected chi connectivity index (χ2v) is 10.0. The fourth-order valence-corrected chi connectivity index (χ4v) is 5.68. The van der Waals surface area contributed by atoms with Crippen LogP contribution in [0.2, 0.25) is 0 Å². The van der Waals surface area contributed by atoms with Crippen LogP contribution in [-0.2, 0) is 14.8 Å². The smallest absolute Gasteiger partial charge is 0.250 e. The second-order valence-electron chi connectivity index (χ2n) is 4.87. The Morgan fingerprint density at radius 3 is 2.55 bits per heavy atom. The second kappa shape index (κ2) is 8.40. The summed E-state index contributed by atoms with van der Waals surface area (Å²) in [7, 11) is -3.81. The molecule has 1 rings (SSSR count). The van der Waals surface area contributed by atoms with E-state index in [-0.39, 0.29) is 16.7 Å². The van der Waals surface area contributed by atoms with Crippen molar-refractivity contribution in [2.24, 2.45) is 5.92 Å². The van der Waals surface area contributed by atoms with Crippen LogP contribution in [0.25, 0.3) is 0 Å². The first kappa shape index (κ1) is 19.6. The molecule has 0 aliphatic carbocycles. The molecule has 0 bridgehead atoms. The van der Waals surface area contributed by atoms with Crippen LogP contribution < -0.4 is 10.0 Å². The van der Waals surface area contributed by atoms with Crippen molar-refractivity contribution in [1.29, 1.82) is 5.26 Å². The maximum atomic E-state index is 12.4. The maximum absolute atomic E-state index is 12.4. The quantitative estimate of drug-likeness (QED) is 0.595. The van der Waals surface area contributed by atoms with Crippen LogP contribution in [0.5, 0.6) is 0 Å². The molecule has 0 aromatic carbocycles. The third kappa shape index (κ3) is 5.62. The highest BCUT2D eigenvalue weighted by Gasteiger charge is 2.28. The van der Waals surface area contributed by atoms with Gasteiger partial charge in [-0.1, -0.05) is 13.8 Å². The van der Waals surface area contributed by atoms with E-state index in [0.29, 0.717) is 14.7 Å². The van der Waals surface area contributed by atoms with E-state index in [1.54, 1.807) is 6.07 Å². The van der Waals surface area contributed by atoms with Gasteiger partial charge in [-0.2, -0.15) is 9.98 Å². The number of hydrogen-bond acceptors (Lipinski definition) is 5. The number of nitriles is 1. The molecule has 1 aromatic heterocycles. The number of thiophene rings is 1. The average molecular weight is 473 g/mol. The molecule has 1 aromatic rings. The van der Waals surface area contributed by atoms with E-state index < -0.39 is 22.0 Å². The van der Waals surface area contributed by atoms with Gasteiger partial charge in [-0.15, -0.1) is 11.3 Å². The number of halogens is 2. The summed E-state index contributed by atoms with van der Waals surface area (Å²) in [5.74, 6) is -0.393. The van der Waals surface area contributed by atoms with Crippen molar-refractivity contribution in [3.8, 4) is 6.07 Å². The number of sulfonamides is 1. The fourth-order valence-electron chi connectivity index (χ4n) is 1.63. The molecule has 0 saturated carbocycles. The van der Waals surface area contributed by atoms with Gasteiger partial charge in [0.2, 0.25) is 5.91 Å². The Hall–Kier alpha value is -0.470. The standard InChI is InChI=1S/C12H15Br2N3O3S2/c1-7(2)5-9(12(18)16-4-3-15)17-22(19,20)10-6-8(13)11(14)21-10/h6-7,9,17H,4-5H2,1-2H3,(H,16,18)/t9-/m0/s1. The molecule has 1 heterocycles. The van der Waals surface area contributed by atoms with Gasteiger partial charge in [-0.05, 0) is 50.3 Å². The van der Waals surface area contributed by atoms with Gasteiger partial charge < -0.3 is 5.32 Å². The minimum absolute atomic E-state index is 0.105. The highest BCUT2D eigenvalue weighted by atomic mass is 79.9. The fraction of sp³-hybridized carbons (Fsp3) is 0.500. The van der Waals surface area contributed by atoms with Gasteiger partial charge in [0, 0.05) is 4.47 Å². The predicted molar refractivity (Wildman–Crippen MR) is 91.9 cm³/mol. The van der Waals surface area contributed by atoms with Crippen LogP contribution in [0.3, 0.4) is 0 Å². The summed E-state index contributed by atoms with van der Waals surface area (Å²) < 4.78 is 28.6. The first-order valence-corrected chi connectivity index (χ1v) is 10.2. The molecular weight excluding hydrogens is 458 g/mol. The zero-order valence-electron chi connectivity index (χ0n) is 11.9. The Morgan fingerprint density at radius 2 is 2.09 bits per heavy atom. The van der Waals surface area contributed by atoms with E-state index >= 15 is 0 Å². The van der Waals surface area contributed by atoms with Crippen molar-refractivity contribution in [3.05, 3.63) is 14.3 Å². The SMILES string of the molecule is CC(C)C[C@H](NS(=O)(=O)c1cc(Br)c(Br)s1)C(=O)NCC#N. The lowest BCUT2D eigenvalue weighted by molar-refractivity contribution is -0.122. The van der Waals surface area contributed by atoms with E-state index in [2.05, 4.69) is 41.9 Å². The molecule has 0 saturated heterocycles. The zero-order valence-corrected chi connectivity index (χ0v) is 16.7. The first-order chi connectivity index (χ1) is 10.2. The van der Waals surface area contributed by atoms with Crippen molar-refractivity contribution in [2.75, 3.05) is 6.54 Å². The molecule has 6 nitrogen and oxygen atoms in total. The number of carbonyl (C=O) groups is 1. The largest absolute Gasteiger partial charge is 0.342 e. The maximum Gasteiger partial charge on any atom is 0.250 e. The lowest BCUT2D eigenvalue weighted by atomic mass is 10.0. The molecule has 0 aliphatic heterocycles. The third-order valence-electron chi connectivity index (χ3n) is 2.55. The van der Waals surface area contributed by atoms with Crippen LogP contribution in [0.1, 0.15) is 20.3 Å². The van der Waals surface area contributed by atoms with Gasteiger partial charge in [-0.3, -0.25) is 4.79 Å². The minimum atomic E-state index is -3.81. The number of nitrogens with one attached hydrogen (secondary N) is 2. The molecular formula is C12H15Br2N3O3S2. The van der Waals surface area contributed by atoms with E-state index in [9.17, 15) is 13.2 Å². The monoisotopic (exact) mass is 471 g/mol. The van der Waals surface area contributed by atoms with Gasteiger partial charge in [-0.25, -0.2) is 8.42 Å². The Labute approximate surface area is 150 Å². The van der Waals surface area contributed by atoms with Gasteiger partial charge in [0.05, 0.1) is 9.86 Å². The van der Waals surface area contributed by atoms with Crippen molar-refractivity contribution < 1.29 is 13.2 Å². The molecule has 22 heavy (non-hydrogen) atoms. The average Bonchev–Trinajstić information content (AvgIpc) is 2.75. The number of amides is 1. The first-order valence-electron chi connectivity index (χ1n) is 6.29. The summed E-state index contributed by atoms with van der Waals surface area (Å²) in [5.41, 5.74) is 0. The summed E-state index contributed by atoms with van der Waals surface area (Å²) in [6.07, 6.45) is 0.338. The molecule has 1 atom stereocenters. The van der Waals surface area contributed by atoms with Crippen molar-refractivity contribution >= 4 is 59.1 Å². The Balaban J connectivity index is 2.97. The van der Waals surface area contributed by atoms with Gasteiger partial charge >= 0.3 is 0 Å². The molecule has 0 fully saturated rings. The summed E-state index contributed by atoms with van der Waals surface area (Å²) in [6, 6.07) is 2.34. The molecule has 2 N–H and O–H groups in total. The van der Waals surface area contributed by atoms with E-state index in [1.165, 1.54) is 6.07 Å². The van der Waals surface area contributed by atoms with Crippen LogP contribution in [0.15, 0.2) is 18.5 Å². The number of nitrogens with zero attached hydrogens (tertiary/aromatic N) is 1. The van der Waals surface area contributed by atoms with E-state index in [1.807, 2.05) is 13.8 Å². The van der Waals surface area contributed by atoms with E-state index in [0.717, 1.165) is 11.3 Å². The molecule has 0 unspecified atom stereocenters. The van der Waals surface area contributed by atoms with Crippen molar-refractivity contribution in [2.45, 2.75) is 30.5 Å². The molecule has 10 heteroatoms. The number of carbonyl (C=O) groups excluding carboxylic acids is 1. The summed E-state index contributed by atoms with van der Waals surface area (Å²) in [4.78, 5) is 12.0. The van der Waals surface area contributed by atoms with Crippen LogP contribution >= 0.6 is 43.2 Å². The number of hydrogen-bond donors (Lipinski definition) is 2. The lowest BCUT2D eigenvalue weighted by Crippen LogP contribution is -2.47. The van der Waals surface area contributed by atoms with Crippen molar-refractivity contribution in [1.82, 2.24) is 10.0 Å². The molecule has 1 amide bonds. The highest BCUT2D eigenvalue weighted by Crippen LogP contribution is 2.34. The highest BCUT2D eigenvalue weighted by molar-refractivity contribution is 9.13. The molecule has 0 radical (unpaired) electrons. The summed E-state index contributed by atoms with van der Waals surface area (Å²) in [6.45, 7) is 3.61. The van der Waals surface area contributed by atoms with E-state index in [4.69, 9.17) is 5.26 Å². The number of rotatable bonds is 7. The third-order valence-corrected chi connectivity index (χ3v) is 7.75. The summed E-state index contributed by atoms with van der Waals surface area (Å²) >= 11 is 7.52. The van der Waals surface area contributed by atoms with Gasteiger partial charge in [0.1, 0.15) is 16.8 Å². The topological polar surface area (TPSA) is 99.1 Å². The van der Waals surface area contributed by atoms with Crippen LogP contribution in [0.4, 0.5) is 0 Å². The molecule has 0 aliphatic rings. The van der Waals surface area contributed by atoms with Gasteiger partial charge in [0.15, 0.2) is 0 Å². The summed E-state index contributed by atoms with van der Waals surface area (Å²) in [5, 5.41) is 10.9. The Morgan fingerprint density at radius 1 is 1.45 bits per heavy atom. The zero-order chi connectivity index (χ0) is 16.9. The normalized spacial score (nSPS) is 12.9. The predicted octanol–water partition coefficient (Wildman–Crippen LogP) is 2.61. The molecule has 122 valence electrons. The lowest BCUT2D eigenvalue weighted by Gasteiger charge is -2.19. The minimum Gasteiger partial charge on any atom is -0.342 e.